The van der Waals surface area contributed by atoms with Gasteiger partial charge in [-0.15, -0.1) is 0 Å². The van der Waals surface area contributed by atoms with Gasteiger partial charge in [0.15, 0.2) is 0 Å². The van der Waals surface area contributed by atoms with Gasteiger partial charge in [0.1, 0.15) is 18.0 Å². The number of rotatable bonds is 0. The molecule has 1 aromatic heterocycles. The second-order valence-electron chi connectivity index (χ2n) is 2.96. The summed E-state index contributed by atoms with van der Waals surface area (Å²) >= 11 is 0. The molecule has 0 aliphatic heterocycles. The highest BCUT2D eigenvalue weighted by molar-refractivity contribution is 5.79. The zero-order chi connectivity index (χ0) is 10.1. The third kappa shape index (κ3) is 1.10. The smallest absolute Gasteiger partial charge is 0.104 e. The first-order valence-electron chi connectivity index (χ1n) is 4.05. The van der Waals surface area contributed by atoms with Gasteiger partial charge in [0.2, 0.25) is 0 Å². The highest BCUT2D eigenvalue weighted by Gasteiger charge is 2.06. The Kier molecular flexibility index (Phi) is 1.69. The van der Waals surface area contributed by atoms with Crippen molar-refractivity contribution in [2.24, 2.45) is 0 Å². The predicted molar refractivity (Wildman–Crippen MR) is 50.3 cm³/mol. The molecule has 0 spiro atoms. The van der Waals surface area contributed by atoms with Gasteiger partial charge < -0.3 is 4.98 Å². The van der Waals surface area contributed by atoms with E-state index in [9.17, 15) is 0 Å². The zero-order valence-corrected chi connectivity index (χ0v) is 7.50. The van der Waals surface area contributed by atoms with Crippen molar-refractivity contribution in [2.45, 2.75) is 6.92 Å². The first kappa shape index (κ1) is 8.28. The van der Waals surface area contributed by atoms with Gasteiger partial charge in [-0.1, -0.05) is 0 Å². The van der Waals surface area contributed by atoms with Gasteiger partial charge in [0.05, 0.1) is 22.2 Å². The van der Waals surface area contributed by atoms with Crippen molar-refractivity contribution in [1.82, 2.24) is 9.97 Å². The summed E-state index contributed by atoms with van der Waals surface area (Å²) in [5, 5.41) is 17.6. The Morgan fingerprint density at radius 2 is 1.86 bits per heavy atom. The molecule has 1 aromatic carbocycles. The van der Waals surface area contributed by atoms with E-state index in [1.54, 1.807) is 12.1 Å². The molecule has 0 saturated carbocycles. The zero-order valence-electron chi connectivity index (χ0n) is 7.50. The van der Waals surface area contributed by atoms with Gasteiger partial charge in [-0.25, -0.2) is 4.98 Å². The molecule has 2 aromatic rings. The molecule has 66 valence electrons. The van der Waals surface area contributed by atoms with Gasteiger partial charge >= 0.3 is 0 Å². The summed E-state index contributed by atoms with van der Waals surface area (Å²) in [5.74, 6) is 0.777. The van der Waals surface area contributed by atoms with Crippen LogP contribution >= 0.6 is 0 Å². The molecule has 0 bridgehead atoms. The van der Waals surface area contributed by atoms with Crippen LogP contribution in [0.25, 0.3) is 11.0 Å². The van der Waals surface area contributed by atoms with Gasteiger partial charge in [-0.3, -0.25) is 0 Å². The van der Waals surface area contributed by atoms with Crippen LogP contribution in [-0.2, 0) is 0 Å². The predicted octanol–water partition coefficient (Wildman–Crippen LogP) is 1.61. The topological polar surface area (TPSA) is 76.3 Å². The molecule has 0 fully saturated rings. The first-order valence-corrected chi connectivity index (χ1v) is 4.05. The lowest BCUT2D eigenvalue weighted by Crippen LogP contribution is -1.83. The van der Waals surface area contributed by atoms with Crippen LogP contribution in [-0.4, -0.2) is 9.97 Å². The molecule has 2 rings (SSSR count). The number of aromatic amines is 1. The molecular formula is C10H6N4. The fourth-order valence-electron chi connectivity index (χ4n) is 1.37. The normalized spacial score (nSPS) is 9.64. The van der Waals surface area contributed by atoms with Crippen LogP contribution in [0.3, 0.4) is 0 Å². The van der Waals surface area contributed by atoms with Crippen molar-refractivity contribution in [1.29, 1.82) is 10.5 Å². The van der Waals surface area contributed by atoms with Crippen LogP contribution in [0.2, 0.25) is 0 Å². The lowest BCUT2D eigenvalue weighted by molar-refractivity contribution is 1.17. The number of hydrogen-bond donors (Lipinski definition) is 1. The number of H-pyrrole nitrogens is 1. The second-order valence-corrected chi connectivity index (χ2v) is 2.96. The quantitative estimate of drug-likeness (QED) is 0.672. The van der Waals surface area contributed by atoms with Crippen LogP contribution in [0, 0.1) is 29.6 Å². The van der Waals surface area contributed by atoms with E-state index in [0.717, 1.165) is 16.9 Å². The molecular weight excluding hydrogens is 176 g/mol. The number of nitriles is 2. The summed E-state index contributed by atoms with van der Waals surface area (Å²) in [5.41, 5.74) is 2.26. The van der Waals surface area contributed by atoms with E-state index in [-0.39, 0.29) is 0 Å². The number of benzene rings is 1. The van der Waals surface area contributed by atoms with Crippen molar-refractivity contribution in [3.8, 4) is 12.1 Å². The molecule has 0 saturated heterocycles. The maximum atomic E-state index is 8.78. The summed E-state index contributed by atoms with van der Waals surface area (Å²) in [6, 6.07) is 7.22. The average molecular weight is 182 g/mol. The van der Waals surface area contributed by atoms with E-state index in [2.05, 4.69) is 9.97 Å². The van der Waals surface area contributed by atoms with E-state index < -0.39 is 0 Å². The minimum absolute atomic E-state index is 0.367. The van der Waals surface area contributed by atoms with Gasteiger partial charge in [0, 0.05) is 0 Å². The SMILES string of the molecule is Cc1nc2cc(C#N)c(C#N)cc2[nH]1. The van der Waals surface area contributed by atoms with Gasteiger partial charge in [0.25, 0.3) is 0 Å². The second kappa shape index (κ2) is 2.86. The molecule has 0 aliphatic rings. The van der Waals surface area contributed by atoms with Gasteiger partial charge in [-0.05, 0) is 19.1 Å². The number of nitrogens with zero attached hydrogens (tertiary/aromatic N) is 3. The number of hydrogen-bond acceptors (Lipinski definition) is 3. The Morgan fingerprint density at radius 1 is 1.21 bits per heavy atom. The molecule has 4 heteroatoms. The Morgan fingerprint density at radius 3 is 2.50 bits per heavy atom. The highest BCUT2D eigenvalue weighted by Crippen LogP contribution is 2.17. The van der Waals surface area contributed by atoms with Crippen LogP contribution < -0.4 is 0 Å². The molecule has 0 aliphatic carbocycles. The Labute approximate surface area is 80.4 Å². The van der Waals surface area contributed by atoms with Crippen molar-refractivity contribution in [3.05, 3.63) is 29.1 Å². The molecule has 0 unspecified atom stereocenters. The fourth-order valence-corrected chi connectivity index (χ4v) is 1.37. The van der Waals surface area contributed by atoms with E-state index in [4.69, 9.17) is 10.5 Å². The molecule has 4 nitrogen and oxygen atoms in total. The largest absolute Gasteiger partial charge is 0.342 e. The Bertz CT molecular complexity index is 529. The molecule has 14 heavy (non-hydrogen) atoms. The van der Waals surface area contributed by atoms with Crippen LogP contribution in [0.5, 0.6) is 0 Å². The minimum Gasteiger partial charge on any atom is -0.342 e. The van der Waals surface area contributed by atoms with Crippen LogP contribution in [0.4, 0.5) is 0 Å². The molecule has 1 N–H and O–H groups in total. The van der Waals surface area contributed by atoms with Crippen LogP contribution in [0.15, 0.2) is 12.1 Å². The number of imidazole rings is 1. The van der Waals surface area contributed by atoms with Crippen molar-refractivity contribution >= 4 is 11.0 Å². The lowest BCUT2D eigenvalue weighted by atomic mass is 10.1. The van der Waals surface area contributed by atoms with Crippen molar-refractivity contribution < 1.29 is 0 Å². The van der Waals surface area contributed by atoms with Crippen molar-refractivity contribution in [3.63, 3.8) is 0 Å². The summed E-state index contributed by atoms with van der Waals surface area (Å²) in [7, 11) is 0. The number of aryl methyl sites for hydroxylation is 1. The number of fused-ring (bicyclic) bond motifs is 1. The molecule has 0 radical (unpaired) electrons. The minimum atomic E-state index is 0.367. The summed E-state index contributed by atoms with van der Waals surface area (Å²) in [4.78, 5) is 7.19. The summed E-state index contributed by atoms with van der Waals surface area (Å²) in [6.07, 6.45) is 0. The third-order valence-electron chi connectivity index (χ3n) is 1.98. The summed E-state index contributed by atoms with van der Waals surface area (Å²) < 4.78 is 0. The Hall–Kier alpha value is -2.33. The maximum absolute atomic E-state index is 8.78. The monoisotopic (exact) mass is 182 g/mol. The average Bonchev–Trinajstić information content (AvgIpc) is 2.54. The fraction of sp³-hybridized carbons (Fsp3) is 0.100. The van der Waals surface area contributed by atoms with Gasteiger partial charge in [-0.2, -0.15) is 10.5 Å². The standard InChI is InChI=1S/C10H6N4/c1-6-13-9-2-7(4-11)8(5-12)3-10(9)14-6/h2-3H,1H3,(H,13,14). The maximum Gasteiger partial charge on any atom is 0.104 e. The molecule has 1 heterocycles. The van der Waals surface area contributed by atoms with E-state index in [0.29, 0.717) is 11.1 Å². The van der Waals surface area contributed by atoms with E-state index in [1.165, 1.54) is 0 Å². The lowest BCUT2D eigenvalue weighted by Gasteiger charge is -1.92. The Balaban J connectivity index is 2.84. The number of nitrogens with one attached hydrogen (secondary N) is 1. The third-order valence-corrected chi connectivity index (χ3v) is 1.98. The number of aromatic nitrogens is 2. The molecule has 0 atom stereocenters. The van der Waals surface area contributed by atoms with Crippen molar-refractivity contribution in [2.75, 3.05) is 0 Å². The van der Waals surface area contributed by atoms with E-state index >= 15 is 0 Å². The van der Waals surface area contributed by atoms with E-state index in [1.807, 2.05) is 19.1 Å². The highest BCUT2D eigenvalue weighted by atomic mass is 14.9. The summed E-state index contributed by atoms with van der Waals surface area (Å²) in [6.45, 7) is 1.83. The first-order chi connectivity index (χ1) is 6.74. The molecule has 0 amide bonds. The van der Waals surface area contributed by atoms with Crippen LogP contribution in [0.1, 0.15) is 17.0 Å².